The number of anilines is 1. The molecule has 0 saturated heterocycles. The van der Waals surface area contributed by atoms with Crippen molar-refractivity contribution in [2.75, 3.05) is 19.5 Å². The van der Waals surface area contributed by atoms with E-state index in [1.807, 2.05) is 0 Å². The highest BCUT2D eigenvalue weighted by Gasteiger charge is 2.31. The number of ether oxygens (including phenoxy) is 2. The van der Waals surface area contributed by atoms with Gasteiger partial charge in [-0.15, -0.1) is 5.10 Å². The number of benzene rings is 1. The van der Waals surface area contributed by atoms with Gasteiger partial charge in [0.15, 0.2) is 5.69 Å². The summed E-state index contributed by atoms with van der Waals surface area (Å²) in [6.45, 7) is -0.666. The van der Waals surface area contributed by atoms with Crippen molar-refractivity contribution in [3.05, 3.63) is 40.2 Å². The molecule has 0 aliphatic rings. The number of hydrogen-bond acceptors (Lipinski definition) is 7. The lowest BCUT2D eigenvalue weighted by molar-refractivity contribution is -0.137. The van der Waals surface area contributed by atoms with E-state index in [1.165, 1.54) is 0 Å². The Morgan fingerprint density at radius 2 is 1.82 bits per heavy atom. The summed E-state index contributed by atoms with van der Waals surface area (Å²) in [5.41, 5.74) is -2.26. The molecule has 1 aromatic carbocycles. The van der Waals surface area contributed by atoms with Crippen molar-refractivity contribution in [2.24, 2.45) is 0 Å². The summed E-state index contributed by atoms with van der Waals surface area (Å²) in [4.78, 5) is 35.7. The van der Waals surface area contributed by atoms with Crippen LogP contribution in [0.3, 0.4) is 0 Å². The molecule has 2 aromatic rings. The van der Waals surface area contributed by atoms with Gasteiger partial charge >= 0.3 is 18.1 Å². The van der Waals surface area contributed by atoms with Gasteiger partial charge in [-0.25, -0.2) is 14.3 Å². The topological polar surface area (TPSA) is 112 Å². The smallest absolute Gasteiger partial charge is 0.416 e. The Morgan fingerprint density at radius 1 is 1.18 bits per heavy atom. The van der Waals surface area contributed by atoms with Crippen molar-refractivity contribution >= 4 is 35.1 Å². The van der Waals surface area contributed by atoms with Crippen molar-refractivity contribution in [3.8, 4) is 0 Å². The van der Waals surface area contributed by atoms with Gasteiger partial charge in [0.25, 0.3) is 0 Å². The third-order valence-electron chi connectivity index (χ3n) is 3.35. The maximum absolute atomic E-state index is 12.8. The first-order valence-corrected chi connectivity index (χ1v) is 7.73. The van der Waals surface area contributed by atoms with E-state index in [9.17, 15) is 27.6 Å². The van der Waals surface area contributed by atoms with Crippen LogP contribution in [0.4, 0.5) is 18.9 Å². The van der Waals surface area contributed by atoms with Gasteiger partial charge in [-0.3, -0.25) is 4.79 Å². The minimum atomic E-state index is -4.64. The summed E-state index contributed by atoms with van der Waals surface area (Å²) in [5.74, 6) is -2.89. The summed E-state index contributed by atoms with van der Waals surface area (Å²) in [7, 11) is 2.08. The Kier molecular flexibility index (Phi) is 6.23. The maximum atomic E-state index is 12.8. The van der Waals surface area contributed by atoms with E-state index in [-0.39, 0.29) is 10.7 Å². The van der Waals surface area contributed by atoms with Gasteiger partial charge in [-0.2, -0.15) is 13.2 Å². The van der Waals surface area contributed by atoms with E-state index in [0.29, 0.717) is 6.07 Å². The van der Waals surface area contributed by atoms with Gasteiger partial charge in [0, 0.05) is 0 Å². The molecule has 0 aliphatic carbocycles. The molecule has 0 aliphatic heterocycles. The zero-order valence-electron chi connectivity index (χ0n) is 14.3. The van der Waals surface area contributed by atoms with Crippen LogP contribution < -0.4 is 5.32 Å². The molecule has 0 fully saturated rings. The monoisotopic (exact) mass is 420 g/mol. The van der Waals surface area contributed by atoms with E-state index in [2.05, 4.69) is 25.1 Å². The second-order valence-electron chi connectivity index (χ2n) is 5.17. The Balaban J connectivity index is 2.28. The predicted octanol–water partition coefficient (Wildman–Crippen LogP) is 2.16. The number of hydrogen-bond donors (Lipinski definition) is 1. The Morgan fingerprint density at radius 3 is 2.39 bits per heavy atom. The number of carbonyl (C=O) groups excluding carboxylic acids is 3. The molecule has 0 spiro atoms. The Bertz CT molecular complexity index is 929. The molecule has 9 nitrogen and oxygen atoms in total. The Labute approximate surface area is 160 Å². The normalized spacial score (nSPS) is 11.1. The summed E-state index contributed by atoms with van der Waals surface area (Å²) < 4.78 is 48.1. The number of amides is 1. The fraction of sp³-hybridized carbons (Fsp3) is 0.267. The van der Waals surface area contributed by atoms with Crippen molar-refractivity contribution in [2.45, 2.75) is 12.7 Å². The first-order chi connectivity index (χ1) is 13.1. The van der Waals surface area contributed by atoms with Crippen LogP contribution in [0.5, 0.6) is 0 Å². The minimum Gasteiger partial charge on any atom is -0.464 e. The lowest BCUT2D eigenvalue weighted by Crippen LogP contribution is -2.24. The number of rotatable bonds is 5. The molecule has 0 saturated carbocycles. The second kappa shape index (κ2) is 8.25. The molecule has 0 unspecified atom stereocenters. The fourth-order valence-electron chi connectivity index (χ4n) is 2.08. The number of halogens is 4. The summed E-state index contributed by atoms with van der Waals surface area (Å²) in [5, 5.41) is 9.01. The maximum Gasteiger partial charge on any atom is 0.416 e. The molecular formula is C15H12ClF3N4O5. The van der Waals surface area contributed by atoms with Crippen molar-refractivity contribution < 1.29 is 37.0 Å². The molecule has 1 heterocycles. The third-order valence-corrected chi connectivity index (χ3v) is 3.68. The van der Waals surface area contributed by atoms with E-state index in [1.54, 1.807) is 0 Å². The number of alkyl halides is 3. The van der Waals surface area contributed by atoms with Crippen LogP contribution in [0.2, 0.25) is 5.02 Å². The number of nitrogens with zero attached hydrogens (tertiary/aromatic N) is 3. The number of aromatic nitrogens is 3. The quantitative estimate of drug-likeness (QED) is 0.737. The van der Waals surface area contributed by atoms with Crippen LogP contribution in [-0.4, -0.2) is 47.1 Å². The lowest BCUT2D eigenvalue weighted by atomic mass is 10.2. The van der Waals surface area contributed by atoms with Gasteiger partial charge in [0.2, 0.25) is 11.6 Å². The number of esters is 2. The molecule has 13 heteroatoms. The molecule has 2 rings (SSSR count). The molecule has 1 N–H and O–H groups in total. The van der Waals surface area contributed by atoms with E-state index < -0.39 is 47.5 Å². The molecular weight excluding hydrogens is 409 g/mol. The largest absolute Gasteiger partial charge is 0.464 e. The standard InChI is InChI=1S/C15H12ClF3N4O5/c1-27-13(25)11-12(14(26)28-2)23(22-21-11)6-10(24)20-9-5-7(15(17,18)19)3-4-8(9)16/h3-5H,6H2,1-2H3,(H,20,24). The molecule has 0 bridgehead atoms. The average Bonchev–Trinajstić information content (AvgIpc) is 3.04. The van der Waals surface area contributed by atoms with Crippen LogP contribution in [-0.2, 0) is 27.0 Å². The van der Waals surface area contributed by atoms with Crippen LogP contribution in [0, 0.1) is 0 Å². The van der Waals surface area contributed by atoms with Crippen LogP contribution in [0.25, 0.3) is 0 Å². The number of methoxy groups -OCH3 is 2. The zero-order chi connectivity index (χ0) is 21.1. The molecule has 150 valence electrons. The van der Waals surface area contributed by atoms with E-state index >= 15 is 0 Å². The highest BCUT2D eigenvalue weighted by molar-refractivity contribution is 6.33. The van der Waals surface area contributed by atoms with Crippen molar-refractivity contribution in [1.82, 2.24) is 15.0 Å². The molecule has 1 amide bonds. The summed E-state index contributed by atoms with van der Waals surface area (Å²) in [6, 6.07) is 2.39. The van der Waals surface area contributed by atoms with Crippen molar-refractivity contribution in [1.29, 1.82) is 0 Å². The lowest BCUT2D eigenvalue weighted by Gasteiger charge is -2.12. The van der Waals surface area contributed by atoms with Crippen LogP contribution >= 0.6 is 11.6 Å². The minimum absolute atomic E-state index is 0.136. The first-order valence-electron chi connectivity index (χ1n) is 7.35. The van der Waals surface area contributed by atoms with Crippen LogP contribution in [0.15, 0.2) is 18.2 Å². The highest BCUT2D eigenvalue weighted by Crippen LogP contribution is 2.33. The predicted molar refractivity (Wildman–Crippen MR) is 87.8 cm³/mol. The van der Waals surface area contributed by atoms with Gasteiger partial charge in [0.1, 0.15) is 6.54 Å². The van der Waals surface area contributed by atoms with Crippen LogP contribution in [0.1, 0.15) is 26.5 Å². The fourth-order valence-corrected chi connectivity index (χ4v) is 2.24. The van der Waals surface area contributed by atoms with E-state index in [0.717, 1.165) is 31.0 Å². The second-order valence-corrected chi connectivity index (χ2v) is 5.58. The SMILES string of the molecule is COC(=O)c1nnn(CC(=O)Nc2cc(C(F)(F)F)ccc2Cl)c1C(=O)OC. The van der Waals surface area contributed by atoms with Crippen molar-refractivity contribution in [3.63, 3.8) is 0 Å². The van der Waals surface area contributed by atoms with E-state index in [4.69, 9.17) is 11.6 Å². The first kappa shape index (κ1) is 21.2. The molecule has 0 atom stereocenters. The summed E-state index contributed by atoms with van der Waals surface area (Å²) in [6.07, 6.45) is -4.64. The van der Waals surface area contributed by atoms with Gasteiger partial charge < -0.3 is 14.8 Å². The molecule has 0 radical (unpaired) electrons. The molecule has 1 aromatic heterocycles. The average molecular weight is 421 g/mol. The number of nitrogens with one attached hydrogen (secondary N) is 1. The number of carbonyl (C=O) groups is 3. The highest BCUT2D eigenvalue weighted by atomic mass is 35.5. The van der Waals surface area contributed by atoms with Gasteiger partial charge in [-0.05, 0) is 18.2 Å². The zero-order valence-corrected chi connectivity index (χ0v) is 15.1. The third kappa shape index (κ3) is 4.57. The van der Waals surface area contributed by atoms with Gasteiger partial charge in [0.05, 0.1) is 30.5 Å². The van der Waals surface area contributed by atoms with Gasteiger partial charge in [-0.1, -0.05) is 16.8 Å². The molecule has 28 heavy (non-hydrogen) atoms. The summed E-state index contributed by atoms with van der Waals surface area (Å²) >= 11 is 5.81. The Hall–Kier alpha value is -3.15.